The lowest BCUT2D eigenvalue weighted by Gasteiger charge is -2.09. The summed E-state index contributed by atoms with van der Waals surface area (Å²) in [6.07, 6.45) is 0. The minimum atomic E-state index is -0.436. The number of ether oxygens (including phenoxy) is 1. The van der Waals surface area contributed by atoms with Crippen molar-refractivity contribution in [3.63, 3.8) is 0 Å². The van der Waals surface area contributed by atoms with Gasteiger partial charge in [-0.05, 0) is 37.1 Å². The second-order valence-corrected chi connectivity index (χ2v) is 3.33. The highest BCUT2D eigenvalue weighted by molar-refractivity contribution is 6.20. The molecule has 0 aliphatic carbocycles. The number of alkyl halides is 1. The Bertz CT molecular complexity index is 286. The number of halogens is 1. The van der Waals surface area contributed by atoms with Crippen molar-refractivity contribution in [2.75, 3.05) is 6.61 Å². The van der Waals surface area contributed by atoms with Gasteiger partial charge in [-0.2, -0.15) is 0 Å². The SMILES string of the molecule is CCOc1ccc(C(N)Cl)cc1C. The van der Waals surface area contributed by atoms with Crippen LogP contribution in [0.2, 0.25) is 0 Å². The molecule has 1 rings (SSSR count). The largest absolute Gasteiger partial charge is 0.494 e. The van der Waals surface area contributed by atoms with Gasteiger partial charge in [0.1, 0.15) is 11.3 Å². The Hall–Kier alpha value is -0.730. The summed E-state index contributed by atoms with van der Waals surface area (Å²) < 4.78 is 5.39. The van der Waals surface area contributed by atoms with E-state index in [0.29, 0.717) is 6.61 Å². The molecule has 0 aliphatic heterocycles. The van der Waals surface area contributed by atoms with E-state index in [1.807, 2.05) is 32.0 Å². The normalized spacial score (nSPS) is 12.6. The van der Waals surface area contributed by atoms with Gasteiger partial charge in [0.15, 0.2) is 0 Å². The molecule has 1 unspecified atom stereocenters. The predicted molar refractivity (Wildman–Crippen MR) is 55.1 cm³/mol. The molecule has 0 saturated carbocycles. The Balaban J connectivity index is 2.92. The van der Waals surface area contributed by atoms with Crippen molar-refractivity contribution in [3.8, 4) is 5.75 Å². The Morgan fingerprint density at radius 1 is 1.54 bits per heavy atom. The molecule has 13 heavy (non-hydrogen) atoms. The topological polar surface area (TPSA) is 35.2 Å². The van der Waals surface area contributed by atoms with Gasteiger partial charge in [0, 0.05) is 0 Å². The van der Waals surface area contributed by atoms with Crippen LogP contribution in [-0.4, -0.2) is 6.61 Å². The van der Waals surface area contributed by atoms with E-state index in [0.717, 1.165) is 16.9 Å². The van der Waals surface area contributed by atoms with Gasteiger partial charge in [-0.3, -0.25) is 0 Å². The highest BCUT2D eigenvalue weighted by atomic mass is 35.5. The molecule has 0 heterocycles. The van der Waals surface area contributed by atoms with Crippen LogP contribution in [0.1, 0.15) is 23.6 Å². The molecule has 1 atom stereocenters. The summed E-state index contributed by atoms with van der Waals surface area (Å²) in [4.78, 5) is 0. The van der Waals surface area contributed by atoms with E-state index in [4.69, 9.17) is 22.1 Å². The maximum absolute atomic E-state index is 5.74. The average molecular weight is 200 g/mol. The number of hydrogen-bond acceptors (Lipinski definition) is 2. The summed E-state index contributed by atoms with van der Waals surface area (Å²) in [5.41, 5.74) is 7.08. The maximum atomic E-state index is 5.74. The fraction of sp³-hybridized carbons (Fsp3) is 0.400. The molecule has 1 aromatic carbocycles. The van der Waals surface area contributed by atoms with E-state index in [2.05, 4.69) is 0 Å². The molecule has 0 aliphatic rings. The van der Waals surface area contributed by atoms with Gasteiger partial charge in [-0.15, -0.1) is 11.6 Å². The zero-order valence-electron chi connectivity index (χ0n) is 7.88. The fourth-order valence-electron chi connectivity index (χ4n) is 1.16. The van der Waals surface area contributed by atoms with Crippen LogP contribution in [0.15, 0.2) is 18.2 Å². The molecule has 1 aromatic rings. The fourth-order valence-corrected chi connectivity index (χ4v) is 1.30. The van der Waals surface area contributed by atoms with Gasteiger partial charge >= 0.3 is 0 Å². The van der Waals surface area contributed by atoms with Crippen molar-refractivity contribution in [1.82, 2.24) is 0 Å². The van der Waals surface area contributed by atoms with Crippen molar-refractivity contribution >= 4 is 11.6 Å². The summed E-state index contributed by atoms with van der Waals surface area (Å²) >= 11 is 5.74. The van der Waals surface area contributed by atoms with Crippen molar-refractivity contribution in [2.24, 2.45) is 5.73 Å². The Kier molecular flexibility index (Phi) is 3.58. The number of hydrogen-bond donors (Lipinski definition) is 1. The molecule has 0 fully saturated rings. The molecule has 0 saturated heterocycles. The molecular weight excluding hydrogens is 186 g/mol. The molecule has 2 nitrogen and oxygen atoms in total. The highest BCUT2D eigenvalue weighted by Crippen LogP contribution is 2.23. The minimum absolute atomic E-state index is 0.436. The van der Waals surface area contributed by atoms with Crippen LogP contribution in [0, 0.1) is 6.92 Å². The lowest BCUT2D eigenvalue weighted by atomic mass is 10.1. The van der Waals surface area contributed by atoms with Crippen molar-refractivity contribution in [2.45, 2.75) is 19.3 Å². The quantitative estimate of drug-likeness (QED) is 0.600. The number of benzene rings is 1. The maximum Gasteiger partial charge on any atom is 0.122 e. The molecule has 2 N–H and O–H groups in total. The lowest BCUT2D eigenvalue weighted by Crippen LogP contribution is -2.03. The first-order chi connectivity index (χ1) is 6.15. The van der Waals surface area contributed by atoms with E-state index in [1.54, 1.807) is 0 Å². The third-order valence-corrected chi connectivity index (χ3v) is 2.07. The highest BCUT2D eigenvalue weighted by Gasteiger charge is 2.04. The average Bonchev–Trinajstić information content (AvgIpc) is 2.08. The van der Waals surface area contributed by atoms with E-state index >= 15 is 0 Å². The van der Waals surface area contributed by atoms with E-state index in [-0.39, 0.29) is 0 Å². The molecule has 72 valence electrons. The summed E-state index contributed by atoms with van der Waals surface area (Å²) in [6, 6.07) is 5.73. The van der Waals surface area contributed by atoms with Crippen LogP contribution in [0.5, 0.6) is 5.75 Å². The van der Waals surface area contributed by atoms with Crippen LogP contribution >= 0.6 is 11.6 Å². The first kappa shape index (κ1) is 10.4. The van der Waals surface area contributed by atoms with Gasteiger partial charge in [0.05, 0.1) is 6.61 Å². The van der Waals surface area contributed by atoms with E-state index < -0.39 is 5.50 Å². The molecular formula is C10H14ClNO. The predicted octanol–water partition coefficient (Wildman–Crippen LogP) is 2.59. The summed E-state index contributed by atoms with van der Waals surface area (Å²) in [5.74, 6) is 0.892. The first-order valence-corrected chi connectivity index (χ1v) is 4.71. The van der Waals surface area contributed by atoms with Gasteiger partial charge in [0.25, 0.3) is 0 Å². The first-order valence-electron chi connectivity index (χ1n) is 4.28. The zero-order chi connectivity index (χ0) is 9.84. The second-order valence-electron chi connectivity index (χ2n) is 2.86. The van der Waals surface area contributed by atoms with Crippen LogP contribution in [0.4, 0.5) is 0 Å². The summed E-state index contributed by atoms with van der Waals surface area (Å²) in [5, 5.41) is 0. The zero-order valence-corrected chi connectivity index (χ0v) is 8.64. The van der Waals surface area contributed by atoms with Crippen LogP contribution < -0.4 is 10.5 Å². The standard InChI is InChI=1S/C10H14ClNO/c1-3-13-9-5-4-8(10(11)12)6-7(9)2/h4-6,10H,3,12H2,1-2H3. The molecule has 0 aromatic heterocycles. The van der Waals surface area contributed by atoms with Crippen molar-refractivity contribution in [3.05, 3.63) is 29.3 Å². The van der Waals surface area contributed by atoms with E-state index in [9.17, 15) is 0 Å². The van der Waals surface area contributed by atoms with Crippen LogP contribution in [-0.2, 0) is 0 Å². The van der Waals surface area contributed by atoms with Gasteiger partial charge in [-0.1, -0.05) is 6.07 Å². The van der Waals surface area contributed by atoms with Crippen LogP contribution in [0.25, 0.3) is 0 Å². The molecule has 3 heteroatoms. The third-order valence-electron chi connectivity index (χ3n) is 1.82. The Morgan fingerprint density at radius 3 is 2.69 bits per heavy atom. The smallest absolute Gasteiger partial charge is 0.122 e. The van der Waals surface area contributed by atoms with Gasteiger partial charge in [-0.25, -0.2) is 0 Å². The number of aryl methyl sites for hydroxylation is 1. The minimum Gasteiger partial charge on any atom is -0.494 e. The Labute approximate surface area is 83.6 Å². The molecule has 0 radical (unpaired) electrons. The van der Waals surface area contributed by atoms with Crippen LogP contribution in [0.3, 0.4) is 0 Å². The molecule has 0 bridgehead atoms. The lowest BCUT2D eigenvalue weighted by molar-refractivity contribution is 0.338. The van der Waals surface area contributed by atoms with Gasteiger partial charge < -0.3 is 10.5 Å². The second kappa shape index (κ2) is 4.49. The number of rotatable bonds is 3. The molecule has 0 spiro atoms. The summed E-state index contributed by atoms with van der Waals surface area (Å²) in [6.45, 7) is 4.61. The molecule has 0 amide bonds. The Morgan fingerprint density at radius 2 is 2.23 bits per heavy atom. The van der Waals surface area contributed by atoms with Gasteiger partial charge in [0.2, 0.25) is 0 Å². The van der Waals surface area contributed by atoms with Crippen molar-refractivity contribution in [1.29, 1.82) is 0 Å². The van der Waals surface area contributed by atoms with Crippen molar-refractivity contribution < 1.29 is 4.74 Å². The van der Waals surface area contributed by atoms with E-state index in [1.165, 1.54) is 0 Å². The summed E-state index contributed by atoms with van der Waals surface area (Å²) in [7, 11) is 0. The monoisotopic (exact) mass is 199 g/mol. The number of nitrogens with two attached hydrogens (primary N) is 1. The third kappa shape index (κ3) is 2.61.